The van der Waals surface area contributed by atoms with Crippen molar-refractivity contribution in [1.29, 1.82) is 0 Å². The Morgan fingerprint density at radius 2 is 2.25 bits per heavy atom. The molecule has 0 saturated carbocycles. The molecule has 0 radical (unpaired) electrons. The van der Waals surface area contributed by atoms with E-state index in [0.29, 0.717) is 5.71 Å². The average Bonchev–Trinajstić information content (AvgIpc) is 2.49. The van der Waals surface area contributed by atoms with Gasteiger partial charge in [-0.1, -0.05) is 0 Å². The van der Waals surface area contributed by atoms with Gasteiger partial charge in [-0.15, -0.1) is 0 Å². The molecule has 0 fully saturated rings. The Kier molecular flexibility index (Phi) is 1.33. The van der Waals surface area contributed by atoms with E-state index in [-0.39, 0.29) is 5.69 Å². The van der Waals surface area contributed by atoms with E-state index in [2.05, 4.69) is 4.98 Å². The summed E-state index contributed by atoms with van der Waals surface area (Å²) < 4.78 is 4.93. The van der Waals surface area contributed by atoms with Crippen LogP contribution < -0.4 is 0 Å². The van der Waals surface area contributed by atoms with Crippen LogP contribution in [0.25, 0.3) is 11.1 Å². The quantitative estimate of drug-likeness (QED) is 0.692. The summed E-state index contributed by atoms with van der Waals surface area (Å²) in [6.07, 6.45) is 1.48. The molecule has 0 aliphatic heterocycles. The van der Waals surface area contributed by atoms with Gasteiger partial charge in [0.15, 0.2) is 5.69 Å². The van der Waals surface area contributed by atoms with E-state index >= 15 is 0 Å². The Morgan fingerprint density at radius 3 is 3.00 bits per heavy atom. The smallest absolute Gasteiger partial charge is 0.354 e. The molecule has 4 heteroatoms. The van der Waals surface area contributed by atoms with E-state index in [4.69, 9.17) is 9.52 Å². The lowest BCUT2D eigenvalue weighted by Crippen LogP contribution is -1.98. The number of nitrogens with zero attached hydrogens (tertiary/aromatic N) is 1. The fraction of sp³-hybridized carbons (Fsp3) is 0. The first-order valence-corrected chi connectivity index (χ1v) is 3.35. The second-order valence-corrected chi connectivity index (χ2v) is 2.32. The molecule has 60 valence electrons. The van der Waals surface area contributed by atoms with Gasteiger partial charge < -0.3 is 9.52 Å². The minimum absolute atomic E-state index is 0.00236. The molecule has 0 unspecified atom stereocenters. The summed E-state index contributed by atoms with van der Waals surface area (Å²) in [7, 11) is 0. The van der Waals surface area contributed by atoms with E-state index in [1.54, 1.807) is 12.1 Å². The molecule has 2 rings (SSSR count). The number of carbonyl (C=O) groups is 1. The molecule has 0 spiro atoms. The molecule has 4 nitrogen and oxygen atoms in total. The number of pyridine rings is 1. The van der Waals surface area contributed by atoms with E-state index in [1.807, 2.05) is 0 Å². The monoisotopic (exact) mass is 163 g/mol. The van der Waals surface area contributed by atoms with Crippen LogP contribution in [0.1, 0.15) is 10.5 Å². The highest BCUT2D eigenvalue weighted by atomic mass is 16.4. The average molecular weight is 163 g/mol. The summed E-state index contributed by atoms with van der Waals surface area (Å²) in [5, 5.41) is 9.38. The molecule has 12 heavy (non-hydrogen) atoms. The maximum absolute atomic E-state index is 10.5. The number of furan rings is 1. The van der Waals surface area contributed by atoms with Crippen molar-refractivity contribution < 1.29 is 14.3 Å². The topological polar surface area (TPSA) is 63.3 Å². The Labute approximate surface area is 67.4 Å². The first-order valence-electron chi connectivity index (χ1n) is 3.35. The van der Waals surface area contributed by atoms with Crippen LogP contribution >= 0.6 is 0 Å². The van der Waals surface area contributed by atoms with Gasteiger partial charge in [0.1, 0.15) is 0 Å². The van der Waals surface area contributed by atoms with Gasteiger partial charge >= 0.3 is 5.97 Å². The first kappa shape index (κ1) is 6.84. The van der Waals surface area contributed by atoms with E-state index in [9.17, 15) is 4.79 Å². The van der Waals surface area contributed by atoms with Gasteiger partial charge in [-0.25, -0.2) is 9.78 Å². The SMILES string of the molecule is O=C(O)c1ccc2ccoc2n1. The maximum Gasteiger partial charge on any atom is 0.354 e. The standard InChI is InChI=1S/C8H5NO3/c10-8(11)6-2-1-5-3-4-12-7(5)9-6/h1-4H,(H,10,11). The van der Waals surface area contributed by atoms with E-state index < -0.39 is 5.97 Å². The van der Waals surface area contributed by atoms with Crippen molar-refractivity contribution in [2.45, 2.75) is 0 Å². The van der Waals surface area contributed by atoms with Crippen LogP contribution in [0.15, 0.2) is 28.9 Å². The number of aromatic carboxylic acids is 1. The largest absolute Gasteiger partial charge is 0.477 e. The van der Waals surface area contributed by atoms with Gasteiger partial charge in [-0.3, -0.25) is 0 Å². The number of hydrogen-bond donors (Lipinski definition) is 1. The lowest BCUT2D eigenvalue weighted by Gasteiger charge is -1.91. The van der Waals surface area contributed by atoms with Crippen LogP contribution in [-0.2, 0) is 0 Å². The lowest BCUT2D eigenvalue weighted by molar-refractivity contribution is 0.0690. The third-order valence-electron chi connectivity index (χ3n) is 1.54. The minimum atomic E-state index is -1.05. The highest BCUT2D eigenvalue weighted by Crippen LogP contribution is 2.12. The van der Waals surface area contributed by atoms with Crippen molar-refractivity contribution in [2.75, 3.05) is 0 Å². The normalized spacial score (nSPS) is 10.3. The molecule has 1 N–H and O–H groups in total. The highest BCUT2D eigenvalue weighted by molar-refractivity contribution is 5.88. The third kappa shape index (κ3) is 0.934. The van der Waals surface area contributed by atoms with Gasteiger partial charge in [0.25, 0.3) is 0 Å². The number of rotatable bonds is 1. The van der Waals surface area contributed by atoms with Gasteiger partial charge in [0.05, 0.1) is 6.26 Å². The Morgan fingerprint density at radius 1 is 1.42 bits per heavy atom. The van der Waals surface area contributed by atoms with E-state index in [1.165, 1.54) is 12.3 Å². The summed E-state index contributed by atoms with van der Waals surface area (Å²) in [4.78, 5) is 14.2. The fourth-order valence-corrected chi connectivity index (χ4v) is 0.963. The zero-order chi connectivity index (χ0) is 8.55. The van der Waals surface area contributed by atoms with E-state index in [0.717, 1.165) is 5.39 Å². The van der Waals surface area contributed by atoms with Crippen LogP contribution in [-0.4, -0.2) is 16.1 Å². The van der Waals surface area contributed by atoms with Crippen molar-refractivity contribution in [2.24, 2.45) is 0 Å². The van der Waals surface area contributed by atoms with Crippen molar-refractivity contribution in [3.63, 3.8) is 0 Å². The summed E-state index contributed by atoms with van der Waals surface area (Å²) in [5.41, 5.74) is 0.354. The van der Waals surface area contributed by atoms with Gasteiger partial charge in [0, 0.05) is 5.39 Å². The van der Waals surface area contributed by atoms with Crippen molar-refractivity contribution in [1.82, 2.24) is 4.98 Å². The molecule has 0 aromatic carbocycles. The summed E-state index contributed by atoms with van der Waals surface area (Å²) in [6, 6.07) is 4.84. The Balaban J connectivity index is 2.68. The Hall–Kier alpha value is -1.84. The molecular weight excluding hydrogens is 158 g/mol. The number of fused-ring (bicyclic) bond motifs is 1. The molecule has 0 saturated heterocycles. The molecule has 0 atom stereocenters. The summed E-state index contributed by atoms with van der Waals surface area (Å²) >= 11 is 0. The van der Waals surface area contributed by atoms with Crippen LogP contribution in [0.4, 0.5) is 0 Å². The van der Waals surface area contributed by atoms with Gasteiger partial charge in [0.2, 0.25) is 5.71 Å². The fourth-order valence-electron chi connectivity index (χ4n) is 0.963. The second-order valence-electron chi connectivity index (χ2n) is 2.32. The van der Waals surface area contributed by atoms with Crippen LogP contribution in [0.5, 0.6) is 0 Å². The van der Waals surface area contributed by atoms with Crippen LogP contribution in [0.2, 0.25) is 0 Å². The lowest BCUT2D eigenvalue weighted by atomic mass is 10.3. The number of hydrogen-bond acceptors (Lipinski definition) is 3. The molecule has 2 aromatic rings. The predicted molar refractivity (Wildman–Crippen MR) is 41.0 cm³/mol. The van der Waals surface area contributed by atoms with Crippen molar-refractivity contribution in [3.8, 4) is 0 Å². The first-order chi connectivity index (χ1) is 5.77. The van der Waals surface area contributed by atoms with Crippen molar-refractivity contribution >= 4 is 17.1 Å². The second kappa shape index (κ2) is 2.34. The molecule has 0 amide bonds. The molecular formula is C8H5NO3. The number of aromatic nitrogens is 1. The summed E-state index contributed by atoms with van der Waals surface area (Å²) in [5.74, 6) is -1.05. The van der Waals surface area contributed by atoms with Gasteiger partial charge in [-0.2, -0.15) is 0 Å². The number of carboxylic acid groups (broad SMARTS) is 1. The highest BCUT2D eigenvalue weighted by Gasteiger charge is 2.06. The molecule has 2 heterocycles. The zero-order valence-corrected chi connectivity index (χ0v) is 6.02. The molecule has 0 bridgehead atoms. The molecule has 0 aliphatic rings. The minimum Gasteiger partial charge on any atom is -0.477 e. The van der Waals surface area contributed by atoms with Crippen LogP contribution in [0, 0.1) is 0 Å². The number of carboxylic acids is 1. The van der Waals surface area contributed by atoms with Crippen molar-refractivity contribution in [3.05, 3.63) is 30.2 Å². The zero-order valence-electron chi connectivity index (χ0n) is 6.02. The Bertz CT molecular complexity index is 433. The summed E-state index contributed by atoms with van der Waals surface area (Å²) in [6.45, 7) is 0. The predicted octanol–water partition coefficient (Wildman–Crippen LogP) is 1.53. The van der Waals surface area contributed by atoms with Gasteiger partial charge in [-0.05, 0) is 18.2 Å². The molecule has 0 aliphatic carbocycles. The third-order valence-corrected chi connectivity index (χ3v) is 1.54. The maximum atomic E-state index is 10.5. The molecule has 2 aromatic heterocycles. The van der Waals surface area contributed by atoms with Crippen LogP contribution in [0.3, 0.4) is 0 Å².